The van der Waals surface area contributed by atoms with Crippen molar-refractivity contribution < 1.29 is 4.79 Å². The van der Waals surface area contributed by atoms with Crippen LogP contribution in [-0.2, 0) is 6.54 Å². The van der Waals surface area contributed by atoms with E-state index >= 15 is 0 Å². The first kappa shape index (κ1) is 17.4. The fourth-order valence-electron chi connectivity index (χ4n) is 2.99. The number of thioether (sulfide) groups is 1. The standard InChI is InChI=1S/C18H22ClN3OS/c1-3-4-10-22-17(19)16(12(2)21-22)18(23)20-14-9-11-24-15-8-6-5-7-13(14)15/h5-8,14H,3-4,9-11H2,1-2H3,(H,20,23)/t14-/m1/s1. The second kappa shape index (κ2) is 7.62. The lowest BCUT2D eigenvalue weighted by atomic mass is 10.0. The Balaban J connectivity index is 1.80. The molecule has 0 fully saturated rings. The molecule has 24 heavy (non-hydrogen) atoms. The van der Waals surface area contributed by atoms with Gasteiger partial charge in [-0.3, -0.25) is 9.48 Å². The molecular weight excluding hydrogens is 342 g/mol. The summed E-state index contributed by atoms with van der Waals surface area (Å²) in [5, 5.41) is 8.02. The van der Waals surface area contributed by atoms with E-state index in [-0.39, 0.29) is 11.9 Å². The number of carbonyl (C=O) groups is 1. The number of aryl methyl sites for hydroxylation is 2. The zero-order valence-corrected chi connectivity index (χ0v) is 15.6. The second-order valence-corrected chi connectivity index (χ2v) is 7.52. The maximum absolute atomic E-state index is 12.8. The summed E-state index contributed by atoms with van der Waals surface area (Å²) in [7, 11) is 0. The van der Waals surface area contributed by atoms with Crippen molar-refractivity contribution in [2.75, 3.05) is 5.75 Å². The van der Waals surface area contributed by atoms with Crippen LogP contribution in [0.25, 0.3) is 0 Å². The zero-order valence-electron chi connectivity index (χ0n) is 14.0. The molecule has 1 atom stereocenters. The van der Waals surface area contributed by atoms with Crippen LogP contribution in [0.3, 0.4) is 0 Å². The van der Waals surface area contributed by atoms with Crippen LogP contribution in [0.4, 0.5) is 0 Å². The van der Waals surface area contributed by atoms with E-state index in [9.17, 15) is 4.79 Å². The minimum Gasteiger partial charge on any atom is -0.345 e. The Labute approximate surface area is 152 Å². The Morgan fingerprint density at radius 2 is 2.25 bits per heavy atom. The lowest BCUT2D eigenvalue weighted by Crippen LogP contribution is -2.31. The SMILES string of the molecule is CCCCn1nc(C)c(C(=O)N[C@@H]2CCSc3ccccc32)c1Cl. The topological polar surface area (TPSA) is 46.9 Å². The number of nitrogens with one attached hydrogen (secondary N) is 1. The first-order valence-electron chi connectivity index (χ1n) is 8.37. The molecule has 0 saturated carbocycles. The number of carbonyl (C=O) groups excluding carboxylic acids is 1. The molecule has 0 unspecified atom stereocenters. The number of aromatic nitrogens is 2. The van der Waals surface area contributed by atoms with Crippen LogP contribution >= 0.6 is 23.4 Å². The summed E-state index contributed by atoms with van der Waals surface area (Å²) in [6.07, 6.45) is 2.98. The van der Waals surface area contributed by atoms with Crippen LogP contribution in [0.2, 0.25) is 5.15 Å². The molecule has 0 radical (unpaired) electrons. The second-order valence-electron chi connectivity index (χ2n) is 6.03. The molecule has 128 valence electrons. The van der Waals surface area contributed by atoms with Crippen molar-refractivity contribution in [3.63, 3.8) is 0 Å². The highest BCUT2D eigenvalue weighted by Gasteiger charge is 2.26. The molecule has 1 aromatic heterocycles. The average molecular weight is 364 g/mol. The number of hydrogen-bond acceptors (Lipinski definition) is 3. The first-order valence-corrected chi connectivity index (χ1v) is 9.73. The summed E-state index contributed by atoms with van der Waals surface area (Å²) in [6.45, 7) is 4.71. The molecule has 0 aliphatic carbocycles. The van der Waals surface area contributed by atoms with E-state index in [1.807, 2.05) is 30.8 Å². The van der Waals surface area contributed by atoms with Gasteiger partial charge in [0.2, 0.25) is 0 Å². The van der Waals surface area contributed by atoms with Crippen LogP contribution in [0, 0.1) is 6.92 Å². The smallest absolute Gasteiger partial charge is 0.256 e. The van der Waals surface area contributed by atoms with Gasteiger partial charge < -0.3 is 5.32 Å². The van der Waals surface area contributed by atoms with Gasteiger partial charge in [0.1, 0.15) is 5.15 Å². The van der Waals surface area contributed by atoms with Gasteiger partial charge in [-0.25, -0.2) is 0 Å². The average Bonchev–Trinajstić information content (AvgIpc) is 2.87. The molecule has 6 heteroatoms. The van der Waals surface area contributed by atoms with Crippen LogP contribution < -0.4 is 5.32 Å². The van der Waals surface area contributed by atoms with Crippen molar-refractivity contribution in [1.82, 2.24) is 15.1 Å². The van der Waals surface area contributed by atoms with Gasteiger partial charge >= 0.3 is 0 Å². The van der Waals surface area contributed by atoms with Crippen molar-refractivity contribution in [3.05, 3.63) is 46.2 Å². The number of amides is 1. The van der Waals surface area contributed by atoms with Crippen LogP contribution in [0.5, 0.6) is 0 Å². The third-order valence-electron chi connectivity index (χ3n) is 4.28. The molecule has 1 amide bonds. The van der Waals surface area contributed by atoms with Gasteiger partial charge in [0.15, 0.2) is 0 Å². The summed E-state index contributed by atoms with van der Waals surface area (Å²) in [6, 6.07) is 8.29. The zero-order chi connectivity index (χ0) is 17.1. The third-order valence-corrected chi connectivity index (χ3v) is 5.79. The Kier molecular flexibility index (Phi) is 5.51. The summed E-state index contributed by atoms with van der Waals surface area (Å²) in [5.74, 6) is 0.872. The van der Waals surface area contributed by atoms with Crippen molar-refractivity contribution in [2.24, 2.45) is 0 Å². The molecular formula is C18H22ClN3OS. The molecule has 2 aromatic rings. The molecule has 1 aliphatic rings. The summed E-state index contributed by atoms with van der Waals surface area (Å²) < 4.78 is 1.74. The number of rotatable bonds is 5. The Morgan fingerprint density at radius 3 is 3.04 bits per heavy atom. The molecule has 0 bridgehead atoms. The van der Waals surface area contributed by atoms with E-state index in [4.69, 9.17) is 11.6 Å². The predicted molar refractivity (Wildman–Crippen MR) is 98.9 cm³/mol. The quantitative estimate of drug-likeness (QED) is 0.843. The highest BCUT2D eigenvalue weighted by molar-refractivity contribution is 7.99. The molecule has 1 aromatic carbocycles. The molecule has 1 aliphatic heterocycles. The molecule has 1 N–H and O–H groups in total. The van der Waals surface area contributed by atoms with Gasteiger partial charge in [0.25, 0.3) is 5.91 Å². The maximum atomic E-state index is 12.8. The summed E-state index contributed by atoms with van der Waals surface area (Å²) in [5.41, 5.74) is 2.38. The van der Waals surface area contributed by atoms with Crippen LogP contribution in [0.15, 0.2) is 29.2 Å². The van der Waals surface area contributed by atoms with Gasteiger partial charge in [-0.1, -0.05) is 43.1 Å². The van der Waals surface area contributed by atoms with E-state index in [1.165, 1.54) is 10.5 Å². The molecule has 0 spiro atoms. The maximum Gasteiger partial charge on any atom is 0.256 e. The third kappa shape index (κ3) is 3.47. The number of nitrogens with zero attached hydrogens (tertiary/aromatic N) is 2. The van der Waals surface area contributed by atoms with E-state index in [0.29, 0.717) is 16.4 Å². The van der Waals surface area contributed by atoms with Gasteiger partial charge in [-0.2, -0.15) is 5.10 Å². The largest absolute Gasteiger partial charge is 0.345 e. The summed E-state index contributed by atoms with van der Waals surface area (Å²) >= 11 is 8.25. The molecule has 3 rings (SSSR count). The Morgan fingerprint density at radius 1 is 1.46 bits per heavy atom. The number of halogens is 1. The fourth-order valence-corrected chi connectivity index (χ4v) is 4.46. The first-order chi connectivity index (χ1) is 11.6. The minimum atomic E-state index is -0.132. The highest BCUT2D eigenvalue weighted by atomic mass is 35.5. The number of benzene rings is 1. The Bertz CT molecular complexity index is 744. The van der Waals surface area contributed by atoms with Gasteiger partial charge in [-0.05, 0) is 31.4 Å². The lowest BCUT2D eigenvalue weighted by Gasteiger charge is -2.25. The fraction of sp³-hybridized carbons (Fsp3) is 0.444. The minimum absolute atomic E-state index is 0.0319. The van der Waals surface area contributed by atoms with Crippen LogP contribution in [0.1, 0.15) is 53.8 Å². The molecule has 0 saturated heterocycles. The van der Waals surface area contributed by atoms with Crippen molar-refractivity contribution in [3.8, 4) is 0 Å². The lowest BCUT2D eigenvalue weighted by molar-refractivity contribution is 0.0934. The number of unbranched alkanes of at least 4 members (excludes halogenated alkanes) is 1. The molecule has 4 nitrogen and oxygen atoms in total. The Hall–Kier alpha value is -1.46. The van der Waals surface area contributed by atoms with Crippen molar-refractivity contribution in [2.45, 2.75) is 50.6 Å². The van der Waals surface area contributed by atoms with Gasteiger partial charge in [-0.15, -0.1) is 11.8 Å². The van der Waals surface area contributed by atoms with E-state index in [0.717, 1.165) is 31.6 Å². The van der Waals surface area contributed by atoms with Gasteiger partial charge in [0.05, 0.1) is 17.3 Å². The van der Waals surface area contributed by atoms with E-state index in [1.54, 1.807) is 4.68 Å². The van der Waals surface area contributed by atoms with E-state index < -0.39 is 0 Å². The predicted octanol–water partition coefficient (Wildman–Crippen LogP) is 4.61. The number of hydrogen-bond donors (Lipinski definition) is 1. The van der Waals surface area contributed by atoms with Gasteiger partial charge in [0, 0.05) is 17.2 Å². The normalized spacial score (nSPS) is 16.7. The monoisotopic (exact) mass is 363 g/mol. The van der Waals surface area contributed by atoms with Crippen LogP contribution in [-0.4, -0.2) is 21.4 Å². The highest BCUT2D eigenvalue weighted by Crippen LogP contribution is 2.36. The van der Waals surface area contributed by atoms with Crippen molar-refractivity contribution >= 4 is 29.3 Å². The van der Waals surface area contributed by atoms with E-state index in [2.05, 4.69) is 29.5 Å². The summed E-state index contributed by atoms with van der Waals surface area (Å²) in [4.78, 5) is 14.0. The van der Waals surface area contributed by atoms with Crippen molar-refractivity contribution in [1.29, 1.82) is 0 Å². The number of fused-ring (bicyclic) bond motifs is 1. The molecule has 2 heterocycles.